The number of nitrogens with zero attached hydrogens (tertiary/aromatic N) is 4. The Hall–Kier alpha value is -2.66. The Kier molecular flexibility index (Phi) is 2.96. The number of aromatic amines is 1. The molecule has 0 atom stereocenters. The van der Waals surface area contributed by atoms with Crippen molar-refractivity contribution in [2.24, 2.45) is 0 Å². The van der Waals surface area contributed by atoms with Crippen LogP contribution in [0.1, 0.15) is 5.56 Å². The quantitative estimate of drug-likeness (QED) is 0.664. The van der Waals surface area contributed by atoms with E-state index in [0.29, 0.717) is 28.1 Å². The summed E-state index contributed by atoms with van der Waals surface area (Å²) in [6.45, 7) is 0. The Balaban J connectivity index is 2.10. The van der Waals surface area contributed by atoms with Gasteiger partial charge in [-0.15, -0.1) is 0 Å². The molecule has 0 radical (unpaired) electrons. The molecule has 1 aromatic carbocycles. The molecule has 3 aromatic rings. The number of hydrogen-bond donors (Lipinski definition) is 3. The molecule has 20 heavy (non-hydrogen) atoms. The second-order valence-corrected chi connectivity index (χ2v) is 4.91. The highest BCUT2D eigenvalue weighted by Crippen LogP contribution is 2.26. The molecule has 98 valence electrons. The Bertz CT molecular complexity index is 833. The van der Waals surface area contributed by atoms with Gasteiger partial charge in [0.05, 0.1) is 22.8 Å². The number of hydrogen-bond acceptors (Lipinski definition) is 6. The van der Waals surface area contributed by atoms with Gasteiger partial charge in [0.2, 0.25) is 5.95 Å². The van der Waals surface area contributed by atoms with E-state index in [4.69, 9.17) is 11.0 Å². The zero-order valence-corrected chi connectivity index (χ0v) is 11.6. The van der Waals surface area contributed by atoms with Crippen LogP contribution < -0.4 is 11.1 Å². The van der Waals surface area contributed by atoms with Crippen molar-refractivity contribution in [2.75, 3.05) is 11.1 Å². The molecule has 0 saturated heterocycles. The second kappa shape index (κ2) is 4.79. The summed E-state index contributed by atoms with van der Waals surface area (Å²) in [6.07, 6.45) is 1.60. The fourth-order valence-electron chi connectivity index (χ4n) is 1.79. The number of nitrogens with two attached hydrogens (primary N) is 1. The lowest BCUT2D eigenvalue weighted by atomic mass is 10.2. The fraction of sp³-hybridized carbons (Fsp3) is 0. The molecule has 0 saturated carbocycles. The first-order chi connectivity index (χ1) is 9.67. The Morgan fingerprint density at radius 1 is 1.35 bits per heavy atom. The number of aromatic nitrogens is 4. The van der Waals surface area contributed by atoms with Crippen LogP contribution in [-0.2, 0) is 0 Å². The first-order valence-electron chi connectivity index (χ1n) is 5.60. The summed E-state index contributed by atoms with van der Waals surface area (Å²) in [7, 11) is 0. The largest absolute Gasteiger partial charge is 0.368 e. The zero-order valence-electron chi connectivity index (χ0n) is 10.1. The molecule has 0 aliphatic heterocycles. The Labute approximate surface area is 122 Å². The average molecular weight is 330 g/mol. The summed E-state index contributed by atoms with van der Waals surface area (Å²) in [4.78, 5) is 8.17. The van der Waals surface area contributed by atoms with Crippen LogP contribution >= 0.6 is 15.9 Å². The van der Waals surface area contributed by atoms with Crippen LogP contribution in [0.5, 0.6) is 0 Å². The molecule has 0 amide bonds. The van der Waals surface area contributed by atoms with E-state index in [1.165, 1.54) is 0 Å². The normalized spacial score (nSPS) is 10.4. The third-order valence-corrected chi connectivity index (χ3v) is 3.18. The van der Waals surface area contributed by atoms with Gasteiger partial charge in [0, 0.05) is 4.47 Å². The van der Waals surface area contributed by atoms with Crippen molar-refractivity contribution < 1.29 is 0 Å². The average Bonchev–Trinajstić information content (AvgIpc) is 2.88. The predicted octanol–water partition coefficient (Wildman–Crippen LogP) is 2.31. The number of H-pyrrole nitrogens is 1. The molecular formula is C12H8BrN7. The van der Waals surface area contributed by atoms with Crippen LogP contribution in [0.3, 0.4) is 0 Å². The number of nitrogens with one attached hydrogen (secondary N) is 2. The fourth-order valence-corrected chi connectivity index (χ4v) is 2.15. The number of fused-ring (bicyclic) bond motifs is 1. The molecule has 7 nitrogen and oxygen atoms in total. The number of rotatable bonds is 2. The maximum absolute atomic E-state index is 9.16. The van der Waals surface area contributed by atoms with Gasteiger partial charge in [0.1, 0.15) is 11.9 Å². The lowest BCUT2D eigenvalue weighted by Gasteiger charge is -2.09. The van der Waals surface area contributed by atoms with Crippen molar-refractivity contribution in [1.29, 1.82) is 5.26 Å². The highest BCUT2D eigenvalue weighted by Gasteiger charge is 2.10. The van der Waals surface area contributed by atoms with E-state index in [1.54, 1.807) is 18.3 Å². The minimum atomic E-state index is 0.125. The second-order valence-electron chi connectivity index (χ2n) is 3.99. The summed E-state index contributed by atoms with van der Waals surface area (Å²) >= 11 is 3.33. The van der Waals surface area contributed by atoms with Crippen LogP contribution in [0.15, 0.2) is 28.9 Å². The molecule has 4 N–H and O–H groups in total. The lowest BCUT2D eigenvalue weighted by Crippen LogP contribution is -2.01. The Morgan fingerprint density at radius 3 is 3.00 bits per heavy atom. The van der Waals surface area contributed by atoms with E-state index in [9.17, 15) is 0 Å². The summed E-state index contributed by atoms with van der Waals surface area (Å²) < 4.78 is 0.829. The zero-order chi connectivity index (χ0) is 14.1. The standard InChI is InChI=1S/C12H8BrN7/c13-7-1-2-9(6(3-7)4-14)17-10-8-5-16-20-11(8)19-12(15)18-10/h1-3,5H,(H4,15,16,17,18,19,20). The van der Waals surface area contributed by atoms with Gasteiger partial charge in [-0.3, -0.25) is 5.10 Å². The number of anilines is 3. The molecule has 0 aliphatic carbocycles. The first-order valence-corrected chi connectivity index (χ1v) is 6.40. The van der Waals surface area contributed by atoms with Gasteiger partial charge in [-0.1, -0.05) is 15.9 Å². The minimum absolute atomic E-state index is 0.125. The van der Waals surface area contributed by atoms with Crippen molar-refractivity contribution in [2.45, 2.75) is 0 Å². The number of benzene rings is 1. The molecule has 0 unspecified atom stereocenters. The van der Waals surface area contributed by atoms with Crippen molar-refractivity contribution in [1.82, 2.24) is 20.2 Å². The van der Waals surface area contributed by atoms with Gasteiger partial charge in [-0.05, 0) is 18.2 Å². The van der Waals surface area contributed by atoms with Crippen LogP contribution in [0.4, 0.5) is 17.5 Å². The predicted molar refractivity (Wildman–Crippen MR) is 78.2 cm³/mol. The van der Waals surface area contributed by atoms with E-state index in [2.05, 4.69) is 47.5 Å². The molecule has 3 rings (SSSR count). The van der Waals surface area contributed by atoms with Crippen LogP contribution in [-0.4, -0.2) is 20.2 Å². The van der Waals surface area contributed by atoms with E-state index in [1.807, 2.05) is 6.07 Å². The van der Waals surface area contributed by atoms with Crippen LogP contribution in [0.2, 0.25) is 0 Å². The summed E-state index contributed by atoms with van der Waals surface area (Å²) in [6, 6.07) is 7.46. The number of nitriles is 1. The third kappa shape index (κ3) is 2.15. The van der Waals surface area contributed by atoms with Crippen molar-refractivity contribution in [3.63, 3.8) is 0 Å². The third-order valence-electron chi connectivity index (χ3n) is 2.68. The molecule has 2 aromatic heterocycles. The summed E-state index contributed by atoms with van der Waals surface area (Å²) in [5.41, 5.74) is 7.32. The summed E-state index contributed by atoms with van der Waals surface area (Å²) in [5, 5.41) is 19.6. The maximum Gasteiger partial charge on any atom is 0.224 e. The highest BCUT2D eigenvalue weighted by molar-refractivity contribution is 9.10. The van der Waals surface area contributed by atoms with E-state index in [-0.39, 0.29) is 5.95 Å². The monoisotopic (exact) mass is 329 g/mol. The summed E-state index contributed by atoms with van der Waals surface area (Å²) in [5.74, 6) is 0.625. The molecule has 8 heteroatoms. The lowest BCUT2D eigenvalue weighted by molar-refractivity contribution is 1.09. The van der Waals surface area contributed by atoms with Crippen LogP contribution in [0, 0.1) is 11.3 Å². The molecule has 0 fully saturated rings. The van der Waals surface area contributed by atoms with Crippen molar-refractivity contribution in [3.8, 4) is 6.07 Å². The van der Waals surface area contributed by atoms with Gasteiger partial charge >= 0.3 is 0 Å². The molecule has 0 aliphatic rings. The number of halogens is 1. The van der Waals surface area contributed by atoms with E-state index >= 15 is 0 Å². The van der Waals surface area contributed by atoms with Crippen molar-refractivity contribution in [3.05, 3.63) is 34.4 Å². The SMILES string of the molecule is N#Cc1cc(Br)ccc1Nc1nc(N)nc2[nH]ncc12. The highest BCUT2D eigenvalue weighted by atomic mass is 79.9. The maximum atomic E-state index is 9.16. The number of nitrogen functional groups attached to an aromatic ring is 1. The van der Waals surface area contributed by atoms with Gasteiger partial charge in [-0.25, -0.2) is 0 Å². The van der Waals surface area contributed by atoms with Gasteiger partial charge in [0.15, 0.2) is 5.65 Å². The topological polar surface area (TPSA) is 116 Å². The molecule has 2 heterocycles. The first kappa shape index (κ1) is 12.4. The molecule has 0 spiro atoms. The van der Waals surface area contributed by atoms with Gasteiger partial charge < -0.3 is 11.1 Å². The van der Waals surface area contributed by atoms with Gasteiger partial charge in [-0.2, -0.15) is 20.3 Å². The van der Waals surface area contributed by atoms with Crippen molar-refractivity contribution >= 4 is 44.4 Å². The van der Waals surface area contributed by atoms with Gasteiger partial charge in [0.25, 0.3) is 0 Å². The van der Waals surface area contributed by atoms with E-state index in [0.717, 1.165) is 4.47 Å². The Morgan fingerprint density at radius 2 is 2.20 bits per heavy atom. The van der Waals surface area contributed by atoms with Crippen LogP contribution in [0.25, 0.3) is 11.0 Å². The van der Waals surface area contributed by atoms with E-state index < -0.39 is 0 Å². The molecular weight excluding hydrogens is 322 g/mol. The molecule has 0 bridgehead atoms. The minimum Gasteiger partial charge on any atom is -0.368 e. The smallest absolute Gasteiger partial charge is 0.224 e.